The van der Waals surface area contributed by atoms with Crippen molar-refractivity contribution in [3.8, 4) is 0 Å². The number of piperidine rings is 1. The molecule has 1 aromatic rings. The van der Waals surface area contributed by atoms with Crippen LogP contribution in [0.3, 0.4) is 0 Å². The van der Waals surface area contributed by atoms with Crippen molar-refractivity contribution < 1.29 is 8.42 Å². The number of nitrogens with zero attached hydrogens (tertiary/aromatic N) is 2. The van der Waals surface area contributed by atoms with Gasteiger partial charge in [-0.05, 0) is 38.6 Å². The first-order chi connectivity index (χ1) is 9.40. The maximum absolute atomic E-state index is 12.4. The summed E-state index contributed by atoms with van der Waals surface area (Å²) in [4.78, 5) is 2.16. The Morgan fingerprint density at radius 2 is 1.85 bits per heavy atom. The summed E-state index contributed by atoms with van der Waals surface area (Å²) in [7, 11) is 0.803. The van der Waals surface area contributed by atoms with Crippen LogP contribution in [0.1, 0.15) is 18.4 Å². The molecule has 0 saturated carbocycles. The molecule has 1 aliphatic heterocycles. The highest BCUT2D eigenvalue weighted by Gasteiger charge is 2.29. The van der Waals surface area contributed by atoms with Gasteiger partial charge in [0, 0.05) is 24.2 Å². The monoisotopic (exact) mass is 316 g/mol. The van der Waals surface area contributed by atoms with Crippen molar-refractivity contribution in [2.75, 3.05) is 27.2 Å². The standard InChI is InChI=1S/C14H21ClN2O2S/c1-16(2)13-7-9-17(10-8-13)20(18,19)11-12-5-3-4-6-14(12)15/h3-6,13H,7-11H2,1-2H3. The molecule has 0 atom stereocenters. The van der Waals surface area contributed by atoms with Crippen LogP contribution in [0.4, 0.5) is 0 Å². The lowest BCUT2D eigenvalue weighted by atomic mass is 10.1. The van der Waals surface area contributed by atoms with E-state index in [1.54, 1.807) is 22.5 Å². The summed E-state index contributed by atoms with van der Waals surface area (Å²) in [6.45, 7) is 1.19. The Kier molecular flexibility index (Phi) is 5.07. The van der Waals surface area contributed by atoms with Crippen LogP contribution in [0.25, 0.3) is 0 Å². The molecule has 0 amide bonds. The summed E-state index contributed by atoms with van der Waals surface area (Å²) in [5, 5.41) is 0.513. The minimum absolute atomic E-state index is 0.0146. The highest BCUT2D eigenvalue weighted by molar-refractivity contribution is 7.88. The molecule has 112 valence electrons. The van der Waals surface area contributed by atoms with Crippen LogP contribution in [-0.2, 0) is 15.8 Å². The molecule has 6 heteroatoms. The molecule has 0 radical (unpaired) electrons. The van der Waals surface area contributed by atoms with E-state index < -0.39 is 10.0 Å². The fourth-order valence-electron chi connectivity index (χ4n) is 2.54. The molecule has 1 aromatic carbocycles. The number of benzene rings is 1. The third-order valence-electron chi connectivity index (χ3n) is 3.84. The van der Waals surface area contributed by atoms with E-state index in [2.05, 4.69) is 4.90 Å². The molecule has 0 aromatic heterocycles. The zero-order chi connectivity index (χ0) is 14.8. The Morgan fingerprint density at radius 1 is 1.25 bits per heavy atom. The van der Waals surface area contributed by atoms with Gasteiger partial charge in [0.1, 0.15) is 0 Å². The summed E-state index contributed by atoms with van der Waals surface area (Å²) >= 11 is 6.04. The molecule has 2 rings (SSSR count). The van der Waals surface area contributed by atoms with Crippen molar-refractivity contribution in [3.05, 3.63) is 34.9 Å². The Labute approximate surface area is 126 Å². The summed E-state index contributed by atoms with van der Waals surface area (Å²) in [5.41, 5.74) is 0.670. The predicted octanol–water partition coefficient (Wildman–Crippen LogP) is 2.20. The van der Waals surface area contributed by atoms with E-state index in [-0.39, 0.29) is 5.75 Å². The first-order valence-corrected chi connectivity index (χ1v) is 8.76. The normalized spacial score (nSPS) is 18.6. The second-order valence-electron chi connectivity index (χ2n) is 5.44. The lowest BCUT2D eigenvalue weighted by Gasteiger charge is -2.34. The molecular weight excluding hydrogens is 296 g/mol. The lowest BCUT2D eigenvalue weighted by molar-refractivity contribution is 0.196. The first kappa shape index (κ1) is 15.8. The van der Waals surface area contributed by atoms with Crippen molar-refractivity contribution in [1.29, 1.82) is 0 Å². The number of rotatable bonds is 4. The van der Waals surface area contributed by atoms with Crippen LogP contribution in [0.5, 0.6) is 0 Å². The average molecular weight is 317 g/mol. The Hall–Kier alpha value is -0.620. The van der Waals surface area contributed by atoms with Gasteiger partial charge in [0.05, 0.1) is 5.75 Å². The van der Waals surface area contributed by atoms with E-state index >= 15 is 0 Å². The van der Waals surface area contributed by atoms with E-state index in [1.807, 2.05) is 20.2 Å². The summed E-state index contributed by atoms with van der Waals surface area (Å²) < 4.78 is 26.5. The largest absolute Gasteiger partial charge is 0.306 e. The van der Waals surface area contributed by atoms with Crippen molar-refractivity contribution >= 4 is 21.6 Å². The number of halogens is 1. The molecule has 1 heterocycles. The summed E-state index contributed by atoms with van der Waals surface area (Å²) in [5.74, 6) is -0.0146. The van der Waals surface area contributed by atoms with Crippen LogP contribution < -0.4 is 0 Å². The zero-order valence-electron chi connectivity index (χ0n) is 11.9. The quantitative estimate of drug-likeness (QED) is 0.855. The molecule has 0 bridgehead atoms. The van der Waals surface area contributed by atoms with Crippen molar-refractivity contribution in [2.45, 2.75) is 24.6 Å². The highest BCUT2D eigenvalue weighted by Crippen LogP contribution is 2.22. The van der Waals surface area contributed by atoms with Gasteiger partial charge in [0.2, 0.25) is 10.0 Å². The van der Waals surface area contributed by atoms with Gasteiger partial charge in [-0.25, -0.2) is 12.7 Å². The van der Waals surface area contributed by atoms with E-state index in [1.165, 1.54) is 0 Å². The molecule has 4 nitrogen and oxygen atoms in total. The zero-order valence-corrected chi connectivity index (χ0v) is 13.5. The molecule has 0 unspecified atom stereocenters. The van der Waals surface area contributed by atoms with Gasteiger partial charge in [-0.2, -0.15) is 0 Å². The third kappa shape index (κ3) is 3.73. The summed E-state index contributed by atoms with van der Waals surface area (Å²) in [6.07, 6.45) is 1.77. The van der Waals surface area contributed by atoms with E-state index in [4.69, 9.17) is 11.6 Å². The number of hydrogen-bond donors (Lipinski definition) is 0. The SMILES string of the molecule is CN(C)C1CCN(S(=O)(=O)Cc2ccccc2Cl)CC1. The summed E-state index contributed by atoms with van der Waals surface area (Å²) in [6, 6.07) is 7.59. The van der Waals surface area contributed by atoms with Gasteiger partial charge < -0.3 is 4.90 Å². The van der Waals surface area contributed by atoms with E-state index in [9.17, 15) is 8.42 Å². The van der Waals surface area contributed by atoms with Crippen LogP contribution in [0, 0.1) is 0 Å². The van der Waals surface area contributed by atoms with Gasteiger partial charge in [-0.15, -0.1) is 0 Å². The van der Waals surface area contributed by atoms with Gasteiger partial charge in [0.15, 0.2) is 0 Å². The second kappa shape index (κ2) is 6.43. The van der Waals surface area contributed by atoms with Crippen LogP contribution in [0.15, 0.2) is 24.3 Å². The molecule has 20 heavy (non-hydrogen) atoms. The number of sulfonamides is 1. The van der Waals surface area contributed by atoms with Crippen LogP contribution in [-0.4, -0.2) is 50.8 Å². The third-order valence-corrected chi connectivity index (χ3v) is 6.04. The first-order valence-electron chi connectivity index (χ1n) is 6.78. The van der Waals surface area contributed by atoms with Crippen molar-refractivity contribution in [1.82, 2.24) is 9.21 Å². The molecule has 0 N–H and O–H groups in total. The maximum atomic E-state index is 12.4. The topological polar surface area (TPSA) is 40.6 Å². The fourth-order valence-corrected chi connectivity index (χ4v) is 4.42. The second-order valence-corrected chi connectivity index (χ2v) is 7.82. The molecule has 1 fully saturated rings. The predicted molar refractivity (Wildman–Crippen MR) is 82.4 cm³/mol. The molecule has 0 aliphatic carbocycles. The number of hydrogen-bond acceptors (Lipinski definition) is 3. The Morgan fingerprint density at radius 3 is 2.40 bits per heavy atom. The minimum atomic E-state index is -3.28. The molecule has 1 aliphatic rings. The van der Waals surface area contributed by atoms with Gasteiger partial charge >= 0.3 is 0 Å². The average Bonchev–Trinajstić information content (AvgIpc) is 2.41. The smallest absolute Gasteiger partial charge is 0.218 e. The maximum Gasteiger partial charge on any atom is 0.218 e. The van der Waals surface area contributed by atoms with Gasteiger partial charge in [0.25, 0.3) is 0 Å². The van der Waals surface area contributed by atoms with Crippen LogP contribution >= 0.6 is 11.6 Å². The Bertz CT molecular complexity index is 552. The molecule has 0 spiro atoms. The van der Waals surface area contributed by atoms with Crippen molar-refractivity contribution in [2.24, 2.45) is 0 Å². The van der Waals surface area contributed by atoms with Gasteiger partial charge in [-0.3, -0.25) is 0 Å². The van der Waals surface area contributed by atoms with E-state index in [0.29, 0.717) is 29.7 Å². The molecule has 1 saturated heterocycles. The Balaban J connectivity index is 2.04. The highest BCUT2D eigenvalue weighted by atomic mass is 35.5. The lowest BCUT2D eigenvalue weighted by Crippen LogP contribution is -2.44. The van der Waals surface area contributed by atoms with Crippen LogP contribution in [0.2, 0.25) is 5.02 Å². The molecular formula is C14H21ClN2O2S. The fraction of sp³-hybridized carbons (Fsp3) is 0.571. The van der Waals surface area contributed by atoms with Crippen molar-refractivity contribution in [3.63, 3.8) is 0 Å². The van der Waals surface area contributed by atoms with E-state index in [0.717, 1.165) is 12.8 Å². The van der Waals surface area contributed by atoms with Gasteiger partial charge in [-0.1, -0.05) is 29.8 Å². The minimum Gasteiger partial charge on any atom is -0.306 e.